The van der Waals surface area contributed by atoms with Gasteiger partial charge in [-0.15, -0.1) is 5.10 Å². The molecule has 5 nitrogen and oxygen atoms in total. The average molecular weight is 278 g/mol. The highest BCUT2D eigenvalue weighted by Gasteiger charge is 2.35. The summed E-state index contributed by atoms with van der Waals surface area (Å²) in [7, 11) is 0. The maximum Gasteiger partial charge on any atom is 0.245 e. The van der Waals surface area contributed by atoms with Gasteiger partial charge in [-0.1, -0.05) is 11.6 Å². The molecule has 4 rings (SSSR count). The van der Waals surface area contributed by atoms with E-state index in [4.69, 9.17) is 11.6 Å². The number of piperidine rings is 1. The predicted octanol–water partition coefficient (Wildman–Crippen LogP) is 1.57. The second-order valence-corrected chi connectivity index (χ2v) is 5.87. The van der Waals surface area contributed by atoms with Gasteiger partial charge in [0.1, 0.15) is 0 Å². The van der Waals surface area contributed by atoms with Crippen LogP contribution in [0.5, 0.6) is 0 Å². The van der Waals surface area contributed by atoms with Gasteiger partial charge in [0.15, 0.2) is 5.65 Å². The van der Waals surface area contributed by atoms with E-state index < -0.39 is 0 Å². The number of hydrogen-bond acceptors (Lipinski definition) is 4. The van der Waals surface area contributed by atoms with Crippen LogP contribution in [-0.2, 0) is 0 Å². The Morgan fingerprint density at radius 1 is 1.32 bits per heavy atom. The quantitative estimate of drug-likeness (QED) is 0.860. The fourth-order valence-electron chi connectivity index (χ4n) is 3.19. The van der Waals surface area contributed by atoms with Crippen LogP contribution in [0.25, 0.3) is 5.65 Å². The number of hydrogen-bond donors (Lipinski definition) is 1. The summed E-state index contributed by atoms with van der Waals surface area (Å²) in [6.45, 7) is 3.21. The molecule has 0 unspecified atom stereocenters. The van der Waals surface area contributed by atoms with Crippen molar-refractivity contribution in [2.24, 2.45) is 5.92 Å². The van der Waals surface area contributed by atoms with Crippen LogP contribution < -0.4 is 10.2 Å². The standard InChI is InChI=1S/C13H16ClN5/c14-10-3-4-12-16-13(17-19(12)7-10)18-6-9-2-1-5-15-11(9)8-18/h3-4,7,9,11,15H,1-2,5-6,8H2/t9-,11+/m0/s1. The Bertz CT molecular complexity index is 596. The van der Waals surface area contributed by atoms with Crippen molar-refractivity contribution in [2.75, 3.05) is 24.5 Å². The lowest BCUT2D eigenvalue weighted by Gasteiger charge is -2.24. The van der Waals surface area contributed by atoms with Crippen molar-refractivity contribution < 1.29 is 0 Å². The minimum absolute atomic E-state index is 0.601. The molecule has 0 saturated carbocycles. The maximum atomic E-state index is 5.97. The molecule has 2 aliphatic heterocycles. The van der Waals surface area contributed by atoms with Crippen molar-refractivity contribution in [3.05, 3.63) is 23.4 Å². The van der Waals surface area contributed by atoms with Crippen LogP contribution in [0.4, 0.5) is 5.95 Å². The van der Waals surface area contributed by atoms with E-state index >= 15 is 0 Å². The fraction of sp³-hybridized carbons (Fsp3) is 0.538. The van der Waals surface area contributed by atoms with Gasteiger partial charge in [-0.25, -0.2) is 4.52 Å². The van der Waals surface area contributed by atoms with Crippen molar-refractivity contribution in [1.82, 2.24) is 19.9 Å². The third-order valence-electron chi connectivity index (χ3n) is 4.17. The lowest BCUT2D eigenvalue weighted by Crippen LogP contribution is -2.40. The van der Waals surface area contributed by atoms with Gasteiger partial charge in [0, 0.05) is 25.3 Å². The van der Waals surface area contributed by atoms with E-state index in [1.54, 1.807) is 10.7 Å². The first-order chi connectivity index (χ1) is 9.29. The van der Waals surface area contributed by atoms with Crippen molar-refractivity contribution in [3.63, 3.8) is 0 Å². The molecule has 6 heteroatoms. The van der Waals surface area contributed by atoms with Gasteiger partial charge >= 0.3 is 0 Å². The minimum Gasteiger partial charge on any atom is -0.338 e. The van der Waals surface area contributed by atoms with E-state index in [0.29, 0.717) is 11.1 Å². The normalized spacial score (nSPS) is 26.9. The topological polar surface area (TPSA) is 45.5 Å². The van der Waals surface area contributed by atoms with Gasteiger partial charge in [-0.05, 0) is 37.4 Å². The van der Waals surface area contributed by atoms with Crippen LogP contribution in [-0.4, -0.2) is 40.3 Å². The molecule has 0 spiro atoms. The van der Waals surface area contributed by atoms with Crippen LogP contribution in [0.2, 0.25) is 5.02 Å². The zero-order chi connectivity index (χ0) is 12.8. The Morgan fingerprint density at radius 3 is 3.16 bits per heavy atom. The van der Waals surface area contributed by atoms with Gasteiger partial charge < -0.3 is 10.2 Å². The number of nitrogens with one attached hydrogen (secondary N) is 1. The van der Waals surface area contributed by atoms with Gasteiger partial charge in [-0.3, -0.25) is 0 Å². The van der Waals surface area contributed by atoms with Gasteiger partial charge in [0.25, 0.3) is 0 Å². The van der Waals surface area contributed by atoms with Gasteiger partial charge in [-0.2, -0.15) is 4.98 Å². The summed E-state index contributed by atoms with van der Waals surface area (Å²) in [5, 5.41) is 8.81. The lowest BCUT2D eigenvalue weighted by atomic mass is 9.94. The Morgan fingerprint density at radius 2 is 2.26 bits per heavy atom. The number of fused-ring (bicyclic) bond motifs is 2. The SMILES string of the molecule is Clc1ccc2nc(N3C[C@@H]4CCCN[C@@H]4C3)nn2c1. The highest BCUT2D eigenvalue weighted by molar-refractivity contribution is 6.30. The summed E-state index contributed by atoms with van der Waals surface area (Å²) in [5.41, 5.74) is 0.849. The highest BCUT2D eigenvalue weighted by Crippen LogP contribution is 2.27. The number of halogens is 1. The molecule has 19 heavy (non-hydrogen) atoms. The largest absolute Gasteiger partial charge is 0.338 e. The van der Waals surface area contributed by atoms with Crippen LogP contribution in [0, 0.1) is 5.92 Å². The Balaban J connectivity index is 1.64. The minimum atomic E-state index is 0.601. The summed E-state index contributed by atoms with van der Waals surface area (Å²) < 4.78 is 1.76. The second-order valence-electron chi connectivity index (χ2n) is 5.43. The lowest BCUT2D eigenvalue weighted by molar-refractivity contribution is 0.340. The zero-order valence-electron chi connectivity index (χ0n) is 10.6. The zero-order valence-corrected chi connectivity index (χ0v) is 11.3. The third kappa shape index (κ3) is 1.97. The van der Waals surface area contributed by atoms with Gasteiger partial charge in [0.05, 0.1) is 5.02 Å². The number of aromatic nitrogens is 3. The molecule has 2 aromatic heterocycles. The van der Waals surface area contributed by atoms with Crippen LogP contribution in [0.15, 0.2) is 18.3 Å². The molecule has 1 N–H and O–H groups in total. The Hall–Kier alpha value is -1.33. The molecule has 0 radical (unpaired) electrons. The van der Waals surface area contributed by atoms with Crippen molar-refractivity contribution >= 4 is 23.2 Å². The summed E-state index contributed by atoms with van der Waals surface area (Å²) in [6.07, 6.45) is 4.39. The average Bonchev–Trinajstić information content (AvgIpc) is 3.00. The fourth-order valence-corrected chi connectivity index (χ4v) is 3.35. The molecule has 0 amide bonds. The van der Waals surface area contributed by atoms with Crippen molar-refractivity contribution in [2.45, 2.75) is 18.9 Å². The van der Waals surface area contributed by atoms with Crippen LogP contribution >= 0.6 is 11.6 Å². The first-order valence-electron chi connectivity index (χ1n) is 6.80. The third-order valence-corrected chi connectivity index (χ3v) is 4.39. The smallest absolute Gasteiger partial charge is 0.245 e. The number of pyridine rings is 1. The Kier molecular flexibility index (Phi) is 2.63. The van der Waals surface area contributed by atoms with Crippen molar-refractivity contribution in [1.29, 1.82) is 0 Å². The van der Waals surface area contributed by atoms with E-state index in [0.717, 1.165) is 37.1 Å². The molecule has 2 saturated heterocycles. The molecule has 2 aromatic rings. The number of rotatable bonds is 1. The predicted molar refractivity (Wildman–Crippen MR) is 74.7 cm³/mol. The summed E-state index contributed by atoms with van der Waals surface area (Å²) in [5.74, 6) is 1.56. The van der Waals surface area contributed by atoms with Crippen LogP contribution in [0.3, 0.4) is 0 Å². The molecule has 0 aromatic carbocycles. The summed E-state index contributed by atoms with van der Waals surface area (Å²) >= 11 is 5.97. The molecule has 2 aliphatic rings. The molecule has 2 atom stereocenters. The second kappa shape index (κ2) is 4.35. The van der Waals surface area contributed by atoms with E-state index in [2.05, 4.69) is 20.3 Å². The number of nitrogens with zero attached hydrogens (tertiary/aromatic N) is 4. The molecule has 4 heterocycles. The molecular formula is C13H16ClN5. The maximum absolute atomic E-state index is 5.97. The Labute approximate surface area is 116 Å². The molecule has 100 valence electrons. The first kappa shape index (κ1) is 11.5. The van der Waals surface area contributed by atoms with Gasteiger partial charge in [0.2, 0.25) is 5.95 Å². The van der Waals surface area contributed by atoms with E-state index in [1.807, 2.05) is 12.1 Å². The molecule has 0 aliphatic carbocycles. The van der Waals surface area contributed by atoms with Crippen LogP contribution in [0.1, 0.15) is 12.8 Å². The van der Waals surface area contributed by atoms with Crippen molar-refractivity contribution in [3.8, 4) is 0 Å². The molecule has 0 bridgehead atoms. The first-order valence-corrected chi connectivity index (χ1v) is 7.18. The number of anilines is 1. The molecular weight excluding hydrogens is 262 g/mol. The summed E-state index contributed by atoms with van der Waals surface area (Å²) in [6, 6.07) is 4.35. The highest BCUT2D eigenvalue weighted by atomic mass is 35.5. The summed E-state index contributed by atoms with van der Waals surface area (Å²) in [4.78, 5) is 6.87. The van der Waals surface area contributed by atoms with E-state index in [-0.39, 0.29) is 0 Å². The monoisotopic (exact) mass is 277 g/mol. The van der Waals surface area contributed by atoms with E-state index in [9.17, 15) is 0 Å². The molecule has 2 fully saturated rings. The van der Waals surface area contributed by atoms with E-state index in [1.165, 1.54) is 12.8 Å².